The van der Waals surface area contributed by atoms with Crippen LogP contribution in [0.15, 0.2) is 12.2 Å². The van der Waals surface area contributed by atoms with Crippen molar-refractivity contribution in [2.24, 2.45) is 5.92 Å². The molecule has 1 saturated heterocycles. The van der Waals surface area contributed by atoms with Crippen molar-refractivity contribution >= 4 is 5.91 Å². The van der Waals surface area contributed by atoms with Crippen LogP contribution in [0.1, 0.15) is 13.8 Å². The van der Waals surface area contributed by atoms with Crippen molar-refractivity contribution in [3.05, 3.63) is 12.2 Å². The molecule has 0 bridgehead atoms. The van der Waals surface area contributed by atoms with E-state index in [-0.39, 0.29) is 19.1 Å². The van der Waals surface area contributed by atoms with Gasteiger partial charge < -0.3 is 34.8 Å². The summed E-state index contributed by atoms with van der Waals surface area (Å²) in [4.78, 5) is 11.2. The normalized spacial score (nSPS) is 30.9. The monoisotopic (exact) mass is 333 g/mol. The summed E-state index contributed by atoms with van der Waals surface area (Å²) in [6, 6.07) is 0. The lowest BCUT2D eigenvalue weighted by atomic mass is 9.92. The molecule has 0 aromatic heterocycles. The zero-order valence-corrected chi connectivity index (χ0v) is 13.6. The van der Waals surface area contributed by atoms with Gasteiger partial charge in [-0.05, 0) is 6.92 Å². The Kier molecular flexibility index (Phi) is 8.67. The number of nitrogens with one attached hydrogen (secondary N) is 1. The highest BCUT2D eigenvalue weighted by molar-refractivity contribution is 5.91. The number of carbonyl (C=O) groups excluding carboxylic acids is 1. The highest BCUT2D eigenvalue weighted by Crippen LogP contribution is 2.26. The molecule has 5 atom stereocenters. The Morgan fingerprint density at radius 2 is 1.96 bits per heavy atom. The minimum Gasteiger partial charge on any atom is -0.394 e. The van der Waals surface area contributed by atoms with Crippen LogP contribution in [0.2, 0.25) is 0 Å². The third-order valence-corrected chi connectivity index (χ3v) is 3.62. The predicted molar refractivity (Wildman–Crippen MR) is 81.5 cm³/mol. The maximum Gasteiger partial charge on any atom is 0.246 e. The van der Waals surface area contributed by atoms with E-state index in [0.717, 1.165) is 0 Å². The topological polar surface area (TPSA) is 117 Å². The molecule has 1 rings (SSSR count). The molecule has 8 nitrogen and oxygen atoms in total. The number of carbonyl (C=O) groups is 1. The van der Waals surface area contributed by atoms with Gasteiger partial charge in [0.05, 0.1) is 32.5 Å². The first-order valence-electron chi connectivity index (χ1n) is 7.64. The molecule has 1 heterocycles. The molecule has 8 heteroatoms. The lowest BCUT2D eigenvalue weighted by Gasteiger charge is -2.40. The molecular weight excluding hydrogens is 306 g/mol. The van der Waals surface area contributed by atoms with Crippen LogP contribution < -0.4 is 5.32 Å². The molecule has 0 unspecified atom stereocenters. The molecule has 0 aromatic rings. The number of aliphatic hydroxyl groups is 3. The summed E-state index contributed by atoms with van der Waals surface area (Å²) in [6.45, 7) is 7.67. The van der Waals surface area contributed by atoms with E-state index in [0.29, 0.717) is 18.7 Å². The standard InChI is InChI=1S/C15H27NO7/c1-9(2)14(20)16-4-5-21-6-7-22-15-10(3)12(18)13(19)11(8-17)23-15/h10-13,15,17-19H,1,4-8H2,2-3H3,(H,16,20)/t10-,11-,12-,13+,15-/m0/s1. The van der Waals surface area contributed by atoms with Crippen molar-refractivity contribution in [2.45, 2.75) is 38.4 Å². The minimum atomic E-state index is -1.14. The van der Waals surface area contributed by atoms with E-state index >= 15 is 0 Å². The molecule has 23 heavy (non-hydrogen) atoms. The Morgan fingerprint density at radius 1 is 1.26 bits per heavy atom. The maximum atomic E-state index is 11.2. The first-order chi connectivity index (χ1) is 10.9. The van der Waals surface area contributed by atoms with Crippen molar-refractivity contribution in [2.75, 3.05) is 33.0 Å². The molecule has 0 spiro atoms. The van der Waals surface area contributed by atoms with E-state index in [4.69, 9.17) is 19.3 Å². The Balaban J connectivity index is 2.17. The van der Waals surface area contributed by atoms with Gasteiger partial charge in [0.25, 0.3) is 0 Å². The SMILES string of the molecule is C=C(C)C(=O)NCCOCCO[C@H]1O[C@@H](CO)[C@@H](O)[C@@H](O)[C@@H]1C. The van der Waals surface area contributed by atoms with E-state index in [2.05, 4.69) is 11.9 Å². The van der Waals surface area contributed by atoms with Gasteiger partial charge in [0.2, 0.25) is 5.91 Å². The molecule has 0 saturated carbocycles. The molecule has 1 amide bonds. The van der Waals surface area contributed by atoms with E-state index < -0.39 is 37.1 Å². The van der Waals surface area contributed by atoms with Gasteiger partial charge >= 0.3 is 0 Å². The van der Waals surface area contributed by atoms with Gasteiger partial charge in [0, 0.05) is 18.0 Å². The molecule has 0 radical (unpaired) electrons. The molecule has 1 fully saturated rings. The third-order valence-electron chi connectivity index (χ3n) is 3.62. The fourth-order valence-corrected chi connectivity index (χ4v) is 2.12. The van der Waals surface area contributed by atoms with Crippen molar-refractivity contribution in [1.29, 1.82) is 0 Å². The summed E-state index contributed by atoms with van der Waals surface area (Å²) in [6.07, 6.45) is -3.76. The zero-order chi connectivity index (χ0) is 17.4. The average Bonchev–Trinajstić information content (AvgIpc) is 2.53. The number of rotatable bonds is 9. The van der Waals surface area contributed by atoms with Crippen molar-refractivity contribution in [3.8, 4) is 0 Å². The Labute approximate surface area is 136 Å². The number of hydrogen-bond donors (Lipinski definition) is 4. The smallest absolute Gasteiger partial charge is 0.246 e. The van der Waals surface area contributed by atoms with Gasteiger partial charge in [0.1, 0.15) is 12.2 Å². The lowest BCUT2D eigenvalue weighted by molar-refractivity contribution is -0.284. The molecule has 134 valence electrons. The quantitative estimate of drug-likeness (QED) is 0.309. The second-order valence-corrected chi connectivity index (χ2v) is 5.59. The summed E-state index contributed by atoms with van der Waals surface area (Å²) in [5.41, 5.74) is 0.441. The lowest BCUT2D eigenvalue weighted by Crippen LogP contribution is -2.55. The Bertz CT molecular complexity index is 388. The number of ether oxygens (including phenoxy) is 3. The minimum absolute atomic E-state index is 0.211. The first-order valence-corrected chi connectivity index (χ1v) is 7.64. The van der Waals surface area contributed by atoms with Crippen LogP contribution in [0, 0.1) is 5.92 Å². The molecule has 0 aromatic carbocycles. The van der Waals surface area contributed by atoms with Crippen LogP contribution in [0.25, 0.3) is 0 Å². The van der Waals surface area contributed by atoms with Crippen molar-refractivity contribution < 1.29 is 34.3 Å². The average molecular weight is 333 g/mol. The van der Waals surface area contributed by atoms with Gasteiger partial charge in [-0.25, -0.2) is 0 Å². The second-order valence-electron chi connectivity index (χ2n) is 5.59. The largest absolute Gasteiger partial charge is 0.394 e. The highest BCUT2D eigenvalue weighted by atomic mass is 16.7. The van der Waals surface area contributed by atoms with Crippen LogP contribution in [0.4, 0.5) is 0 Å². The van der Waals surface area contributed by atoms with Gasteiger partial charge in [-0.1, -0.05) is 13.5 Å². The fourth-order valence-electron chi connectivity index (χ4n) is 2.12. The summed E-state index contributed by atoms with van der Waals surface area (Å²) in [5.74, 6) is -0.639. The van der Waals surface area contributed by atoms with E-state index in [1.165, 1.54) is 0 Å². The number of amides is 1. The van der Waals surface area contributed by atoms with E-state index in [9.17, 15) is 15.0 Å². The van der Waals surface area contributed by atoms with E-state index in [1.54, 1.807) is 13.8 Å². The maximum absolute atomic E-state index is 11.2. The van der Waals surface area contributed by atoms with Crippen LogP contribution in [-0.2, 0) is 19.0 Å². The highest BCUT2D eigenvalue weighted by Gasteiger charge is 2.42. The molecular formula is C15H27NO7. The first kappa shape index (κ1) is 20.0. The number of hydrogen-bond acceptors (Lipinski definition) is 7. The van der Waals surface area contributed by atoms with Gasteiger partial charge in [-0.2, -0.15) is 0 Å². The van der Waals surface area contributed by atoms with Crippen molar-refractivity contribution in [3.63, 3.8) is 0 Å². The Hall–Kier alpha value is -1.03. The fraction of sp³-hybridized carbons (Fsp3) is 0.800. The van der Waals surface area contributed by atoms with Gasteiger partial charge in [0.15, 0.2) is 6.29 Å². The van der Waals surface area contributed by atoms with E-state index in [1.807, 2.05) is 0 Å². The second kappa shape index (κ2) is 9.96. The van der Waals surface area contributed by atoms with Crippen LogP contribution in [0.5, 0.6) is 0 Å². The van der Waals surface area contributed by atoms with Crippen LogP contribution in [-0.4, -0.2) is 78.8 Å². The molecule has 4 N–H and O–H groups in total. The van der Waals surface area contributed by atoms with Crippen LogP contribution in [0.3, 0.4) is 0 Å². The molecule has 0 aliphatic carbocycles. The summed E-state index contributed by atoms with van der Waals surface area (Å²) in [5, 5.41) is 31.4. The predicted octanol–water partition coefficient (Wildman–Crippen LogP) is -1.21. The molecule has 1 aliphatic rings. The summed E-state index contributed by atoms with van der Waals surface area (Å²) in [7, 11) is 0. The van der Waals surface area contributed by atoms with Gasteiger partial charge in [-0.3, -0.25) is 4.79 Å². The van der Waals surface area contributed by atoms with Gasteiger partial charge in [-0.15, -0.1) is 0 Å². The molecule has 1 aliphatic heterocycles. The summed E-state index contributed by atoms with van der Waals surface area (Å²) < 4.78 is 16.2. The summed E-state index contributed by atoms with van der Waals surface area (Å²) >= 11 is 0. The third kappa shape index (κ3) is 6.17. The van der Waals surface area contributed by atoms with Crippen LogP contribution >= 0.6 is 0 Å². The van der Waals surface area contributed by atoms with Crippen molar-refractivity contribution in [1.82, 2.24) is 5.32 Å². The number of aliphatic hydroxyl groups excluding tert-OH is 3. The Morgan fingerprint density at radius 3 is 2.57 bits per heavy atom. The zero-order valence-electron chi connectivity index (χ0n) is 13.6.